The molecule has 7 heteroatoms. The average molecular weight is 267 g/mol. The number of aromatic nitrogens is 4. The highest BCUT2D eigenvalue weighted by Crippen LogP contribution is 2.18. The molecule has 18 heavy (non-hydrogen) atoms. The molecule has 2 aromatic rings. The van der Waals surface area contributed by atoms with E-state index in [1.807, 2.05) is 0 Å². The highest BCUT2D eigenvalue weighted by Gasteiger charge is 2.20. The molecular weight excluding hydrogens is 256 g/mol. The number of benzene rings is 1. The van der Waals surface area contributed by atoms with Crippen LogP contribution in [-0.4, -0.2) is 31.3 Å². The molecule has 0 saturated carbocycles. The number of halogens is 1. The average Bonchev–Trinajstić information content (AvgIpc) is 2.80. The Morgan fingerprint density at radius 1 is 1.44 bits per heavy atom. The first-order valence-corrected chi connectivity index (χ1v) is 5.78. The van der Waals surface area contributed by atoms with Gasteiger partial charge in [0.15, 0.2) is 6.04 Å². The molecule has 0 aliphatic rings. The number of aliphatic carboxylic acids is 1. The van der Waals surface area contributed by atoms with Crippen molar-refractivity contribution in [3.05, 3.63) is 29.3 Å². The molecule has 0 saturated heterocycles. The maximum Gasteiger partial charge on any atom is 0.330 e. The third-order valence-corrected chi connectivity index (χ3v) is 2.73. The third kappa shape index (κ3) is 2.48. The first-order chi connectivity index (χ1) is 8.61. The number of hydrogen-bond acceptors (Lipinski definition) is 4. The molecule has 0 bridgehead atoms. The van der Waals surface area contributed by atoms with E-state index in [0.29, 0.717) is 17.3 Å². The van der Waals surface area contributed by atoms with Crippen LogP contribution in [0.4, 0.5) is 0 Å². The van der Waals surface area contributed by atoms with Gasteiger partial charge in [0.25, 0.3) is 0 Å². The molecule has 2 rings (SSSR count). The molecule has 94 valence electrons. The lowest BCUT2D eigenvalue weighted by Gasteiger charge is -2.06. The normalized spacial score (nSPS) is 12.3. The quantitative estimate of drug-likeness (QED) is 0.916. The zero-order valence-electron chi connectivity index (χ0n) is 9.62. The van der Waals surface area contributed by atoms with Crippen molar-refractivity contribution in [2.45, 2.75) is 19.4 Å². The van der Waals surface area contributed by atoms with Gasteiger partial charge in [0.2, 0.25) is 5.82 Å². The summed E-state index contributed by atoms with van der Waals surface area (Å²) in [7, 11) is 0. The number of rotatable bonds is 4. The summed E-state index contributed by atoms with van der Waals surface area (Å²) in [5, 5.41) is 21.3. The lowest BCUT2D eigenvalue weighted by molar-refractivity contribution is -0.141. The maximum atomic E-state index is 11.0. The van der Waals surface area contributed by atoms with E-state index in [0.717, 1.165) is 10.4 Å². The molecular formula is C11H11ClN4O2. The van der Waals surface area contributed by atoms with Gasteiger partial charge in [0.05, 0.1) is 0 Å². The van der Waals surface area contributed by atoms with Gasteiger partial charge >= 0.3 is 5.97 Å². The third-order valence-electron chi connectivity index (χ3n) is 2.48. The van der Waals surface area contributed by atoms with Gasteiger partial charge in [-0.05, 0) is 35.9 Å². The monoisotopic (exact) mass is 266 g/mol. The van der Waals surface area contributed by atoms with Crippen molar-refractivity contribution in [2.24, 2.45) is 0 Å². The van der Waals surface area contributed by atoms with E-state index in [1.165, 1.54) is 0 Å². The Morgan fingerprint density at radius 2 is 2.11 bits per heavy atom. The summed E-state index contributed by atoms with van der Waals surface area (Å²) in [5.74, 6) is -0.594. The van der Waals surface area contributed by atoms with E-state index in [2.05, 4.69) is 15.4 Å². The van der Waals surface area contributed by atoms with Crippen molar-refractivity contribution < 1.29 is 9.90 Å². The second kappa shape index (κ2) is 5.14. The lowest BCUT2D eigenvalue weighted by atomic mass is 10.2. The van der Waals surface area contributed by atoms with Gasteiger partial charge in [-0.25, -0.2) is 4.79 Å². The van der Waals surface area contributed by atoms with Crippen LogP contribution in [-0.2, 0) is 4.79 Å². The van der Waals surface area contributed by atoms with E-state index < -0.39 is 12.0 Å². The summed E-state index contributed by atoms with van der Waals surface area (Å²) in [6, 6.07) is 6.15. The fraction of sp³-hybridized carbons (Fsp3) is 0.273. The minimum atomic E-state index is -0.974. The number of carboxylic acid groups (broad SMARTS) is 1. The zero-order valence-corrected chi connectivity index (χ0v) is 10.4. The van der Waals surface area contributed by atoms with Crippen molar-refractivity contribution in [3.8, 4) is 11.4 Å². The number of carbonyl (C=O) groups is 1. The van der Waals surface area contributed by atoms with E-state index in [4.69, 9.17) is 16.7 Å². The second-order valence-electron chi connectivity index (χ2n) is 3.70. The SMILES string of the molecule is CCC(C(=O)O)n1nnc(-c2ccc(Cl)cc2)n1. The largest absolute Gasteiger partial charge is 0.480 e. The molecule has 0 aliphatic carbocycles. The summed E-state index contributed by atoms with van der Waals surface area (Å²) in [6.45, 7) is 1.75. The van der Waals surface area contributed by atoms with Gasteiger partial charge in [-0.1, -0.05) is 18.5 Å². The number of carboxylic acids is 1. The molecule has 1 heterocycles. The predicted octanol–water partition coefficient (Wildman–Crippen LogP) is 2.03. The van der Waals surface area contributed by atoms with Gasteiger partial charge in [-0.15, -0.1) is 15.0 Å². The fourth-order valence-electron chi connectivity index (χ4n) is 1.51. The Hall–Kier alpha value is -1.95. The molecule has 0 aliphatic heterocycles. The minimum Gasteiger partial charge on any atom is -0.480 e. The van der Waals surface area contributed by atoms with Gasteiger partial charge < -0.3 is 5.11 Å². The fourth-order valence-corrected chi connectivity index (χ4v) is 1.63. The summed E-state index contributed by atoms with van der Waals surface area (Å²) in [4.78, 5) is 12.1. The standard InChI is InChI=1S/C11H11ClN4O2/c1-2-9(11(17)18)16-14-10(13-15-16)7-3-5-8(12)6-4-7/h3-6,9H,2H2,1H3,(H,17,18). The van der Waals surface area contributed by atoms with E-state index in [1.54, 1.807) is 31.2 Å². The Kier molecular flexibility index (Phi) is 3.57. The molecule has 1 unspecified atom stereocenters. The van der Waals surface area contributed by atoms with Crippen molar-refractivity contribution in [1.82, 2.24) is 20.2 Å². The van der Waals surface area contributed by atoms with Crippen molar-refractivity contribution >= 4 is 17.6 Å². The Balaban J connectivity index is 2.30. The van der Waals surface area contributed by atoms with Gasteiger partial charge in [0, 0.05) is 10.6 Å². The van der Waals surface area contributed by atoms with Crippen LogP contribution in [0.25, 0.3) is 11.4 Å². The van der Waals surface area contributed by atoms with Crippen LogP contribution in [0.5, 0.6) is 0 Å². The van der Waals surface area contributed by atoms with Crippen LogP contribution in [0.2, 0.25) is 5.02 Å². The molecule has 0 spiro atoms. The van der Waals surface area contributed by atoms with Gasteiger partial charge in [-0.3, -0.25) is 0 Å². The number of nitrogens with zero attached hydrogens (tertiary/aromatic N) is 4. The Bertz CT molecular complexity index is 552. The molecule has 1 aromatic heterocycles. The Labute approximate surface area is 108 Å². The molecule has 0 amide bonds. The highest BCUT2D eigenvalue weighted by atomic mass is 35.5. The van der Waals surface area contributed by atoms with Crippen molar-refractivity contribution in [1.29, 1.82) is 0 Å². The van der Waals surface area contributed by atoms with E-state index in [-0.39, 0.29) is 0 Å². The van der Waals surface area contributed by atoms with Crippen LogP contribution in [0.15, 0.2) is 24.3 Å². The number of tetrazole rings is 1. The summed E-state index contributed by atoms with van der Waals surface area (Å²) in [5.41, 5.74) is 0.742. The van der Waals surface area contributed by atoms with E-state index >= 15 is 0 Å². The molecule has 0 fully saturated rings. The first kappa shape index (κ1) is 12.5. The summed E-state index contributed by atoms with van der Waals surface area (Å²) < 4.78 is 0. The van der Waals surface area contributed by atoms with Crippen LogP contribution >= 0.6 is 11.6 Å². The molecule has 1 N–H and O–H groups in total. The van der Waals surface area contributed by atoms with Crippen LogP contribution in [0.3, 0.4) is 0 Å². The van der Waals surface area contributed by atoms with Crippen LogP contribution < -0.4 is 0 Å². The van der Waals surface area contributed by atoms with Crippen LogP contribution in [0.1, 0.15) is 19.4 Å². The Morgan fingerprint density at radius 3 is 2.67 bits per heavy atom. The number of hydrogen-bond donors (Lipinski definition) is 1. The predicted molar refractivity (Wildman–Crippen MR) is 65.2 cm³/mol. The zero-order chi connectivity index (χ0) is 13.1. The summed E-state index contributed by atoms with van der Waals surface area (Å²) >= 11 is 5.78. The highest BCUT2D eigenvalue weighted by molar-refractivity contribution is 6.30. The maximum absolute atomic E-state index is 11.0. The van der Waals surface area contributed by atoms with Crippen molar-refractivity contribution in [2.75, 3.05) is 0 Å². The first-order valence-electron chi connectivity index (χ1n) is 5.40. The molecule has 1 atom stereocenters. The molecule has 6 nitrogen and oxygen atoms in total. The molecule has 0 radical (unpaired) electrons. The minimum absolute atomic E-state index is 0.381. The van der Waals surface area contributed by atoms with Crippen LogP contribution in [0, 0.1) is 0 Å². The summed E-state index contributed by atoms with van der Waals surface area (Å²) in [6.07, 6.45) is 0.395. The molecule has 1 aromatic carbocycles. The van der Waals surface area contributed by atoms with E-state index in [9.17, 15) is 4.79 Å². The lowest BCUT2D eigenvalue weighted by Crippen LogP contribution is -2.20. The van der Waals surface area contributed by atoms with Gasteiger partial charge in [0.1, 0.15) is 0 Å². The smallest absolute Gasteiger partial charge is 0.330 e. The van der Waals surface area contributed by atoms with Gasteiger partial charge in [-0.2, -0.15) is 0 Å². The second-order valence-corrected chi connectivity index (χ2v) is 4.14. The topological polar surface area (TPSA) is 80.9 Å². The van der Waals surface area contributed by atoms with Crippen molar-refractivity contribution in [3.63, 3.8) is 0 Å².